The smallest absolute Gasteiger partial charge is 0.135 e. The lowest BCUT2D eigenvalue weighted by molar-refractivity contribution is -0.125. The molecule has 3 heteroatoms. The Bertz CT molecular complexity index is 540. The van der Waals surface area contributed by atoms with Crippen LogP contribution in [0.1, 0.15) is 49.7 Å². The molecule has 3 unspecified atom stereocenters. The van der Waals surface area contributed by atoms with Gasteiger partial charge < -0.3 is 10.1 Å². The third-order valence-corrected chi connectivity index (χ3v) is 5.04. The molecule has 1 aromatic carbocycles. The SMILES string of the molecule is CC(=O)C1CCCCC12NCC(C=O)c1ccccc12. The number of carbonyl (C=O) groups is 2. The van der Waals surface area contributed by atoms with E-state index in [4.69, 9.17) is 0 Å². The molecule has 3 atom stereocenters. The summed E-state index contributed by atoms with van der Waals surface area (Å²) in [4.78, 5) is 23.4. The van der Waals surface area contributed by atoms with Crippen LogP contribution < -0.4 is 5.32 Å². The molecule has 1 heterocycles. The summed E-state index contributed by atoms with van der Waals surface area (Å²) < 4.78 is 0. The van der Waals surface area contributed by atoms with Gasteiger partial charge in [-0.25, -0.2) is 0 Å². The number of hydrogen-bond donors (Lipinski definition) is 1. The normalized spacial score (nSPS) is 32.6. The third-order valence-electron chi connectivity index (χ3n) is 5.04. The van der Waals surface area contributed by atoms with Gasteiger partial charge in [0.2, 0.25) is 0 Å². The summed E-state index contributed by atoms with van der Waals surface area (Å²) in [6.45, 7) is 2.35. The van der Waals surface area contributed by atoms with Crippen LogP contribution in [0.4, 0.5) is 0 Å². The van der Waals surface area contributed by atoms with Crippen LogP contribution in [0.25, 0.3) is 0 Å². The van der Waals surface area contributed by atoms with E-state index in [0.29, 0.717) is 6.54 Å². The Morgan fingerprint density at radius 2 is 2.15 bits per heavy atom. The molecule has 1 fully saturated rings. The van der Waals surface area contributed by atoms with Gasteiger partial charge in [-0.05, 0) is 30.9 Å². The van der Waals surface area contributed by atoms with Crippen LogP contribution in [0, 0.1) is 5.92 Å². The minimum atomic E-state index is -0.250. The van der Waals surface area contributed by atoms with Gasteiger partial charge in [0.1, 0.15) is 12.1 Å². The average molecular weight is 271 g/mol. The topological polar surface area (TPSA) is 46.2 Å². The molecule has 20 heavy (non-hydrogen) atoms. The predicted octanol–water partition coefficient (Wildman–Crippen LogP) is 2.55. The van der Waals surface area contributed by atoms with E-state index in [2.05, 4.69) is 11.4 Å². The van der Waals surface area contributed by atoms with Crippen LogP contribution in [0.5, 0.6) is 0 Å². The Balaban J connectivity index is 2.13. The van der Waals surface area contributed by atoms with E-state index in [1.54, 1.807) is 6.92 Å². The summed E-state index contributed by atoms with van der Waals surface area (Å²) in [5.41, 5.74) is 2.03. The lowest BCUT2D eigenvalue weighted by Crippen LogP contribution is -2.56. The number of rotatable bonds is 2. The zero-order valence-electron chi connectivity index (χ0n) is 11.9. The van der Waals surface area contributed by atoms with Crippen molar-refractivity contribution in [2.75, 3.05) is 6.54 Å². The Morgan fingerprint density at radius 1 is 1.35 bits per heavy atom. The minimum absolute atomic E-state index is 0.0324. The fourth-order valence-electron chi connectivity index (χ4n) is 4.10. The standard InChI is InChI=1S/C17H21NO2/c1-12(20)15-7-4-5-9-17(15)16-8-3-2-6-14(16)13(11-19)10-18-17/h2-3,6,8,11,13,15,18H,4-5,7,9-10H2,1H3. The lowest BCUT2D eigenvalue weighted by Gasteiger charge is -2.48. The Kier molecular flexibility index (Phi) is 3.47. The molecule has 3 rings (SSSR count). The van der Waals surface area contributed by atoms with Gasteiger partial charge in [-0.2, -0.15) is 0 Å². The van der Waals surface area contributed by atoms with E-state index >= 15 is 0 Å². The largest absolute Gasteiger partial charge is 0.306 e. The van der Waals surface area contributed by atoms with Crippen LogP contribution in [0.15, 0.2) is 24.3 Å². The molecule has 1 N–H and O–H groups in total. The number of benzene rings is 1. The second kappa shape index (κ2) is 5.13. The predicted molar refractivity (Wildman–Crippen MR) is 77.6 cm³/mol. The van der Waals surface area contributed by atoms with E-state index in [0.717, 1.165) is 37.5 Å². The number of hydrogen-bond acceptors (Lipinski definition) is 3. The fraction of sp³-hybridized carbons (Fsp3) is 0.529. The highest BCUT2D eigenvalue weighted by molar-refractivity contribution is 5.81. The van der Waals surface area contributed by atoms with Crippen molar-refractivity contribution < 1.29 is 9.59 Å². The molecular weight excluding hydrogens is 250 g/mol. The summed E-state index contributed by atoms with van der Waals surface area (Å²) in [5, 5.41) is 3.57. The van der Waals surface area contributed by atoms with Crippen molar-refractivity contribution in [2.45, 2.75) is 44.1 Å². The zero-order chi connectivity index (χ0) is 14.2. The van der Waals surface area contributed by atoms with Crippen molar-refractivity contribution in [1.82, 2.24) is 5.32 Å². The first-order valence-corrected chi connectivity index (χ1v) is 7.49. The summed E-state index contributed by atoms with van der Waals surface area (Å²) in [5.74, 6) is 0.202. The summed E-state index contributed by atoms with van der Waals surface area (Å²) in [6, 6.07) is 8.14. The first-order valence-electron chi connectivity index (χ1n) is 7.49. The maximum atomic E-state index is 12.1. The van der Waals surface area contributed by atoms with E-state index in [9.17, 15) is 9.59 Å². The number of ketones is 1. The fourth-order valence-corrected chi connectivity index (χ4v) is 4.10. The number of Topliss-reactive ketones (excluding diaryl/α,β-unsaturated/α-hetero) is 1. The van der Waals surface area contributed by atoms with Gasteiger partial charge >= 0.3 is 0 Å². The van der Waals surface area contributed by atoms with E-state index < -0.39 is 0 Å². The third kappa shape index (κ3) is 1.92. The molecule has 0 aromatic heterocycles. The average Bonchev–Trinajstić information content (AvgIpc) is 2.48. The maximum absolute atomic E-state index is 12.1. The summed E-state index contributed by atoms with van der Waals surface area (Å²) in [7, 11) is 0. The number of nitrogens with one attached hydrogen (secondary N) is 1. The first kappa shape index (κ1) is 13.5. The Labute approximate surface area is 119 Å². The zero-order valence-corrected chi connectivity index (χ0v) is 11.9. The monoisotopic (exact) mass is 271 g/mol. The van der Waals surface area contributed by atoms with Gasteiger partial charge in [0.05, 0.1) is 11.5 Å². The van der Waals surface area contributed by atoms with Crippen LogP contribution >= 0.6 is 0 Å². The molecule has 1 aromatic rings. The minimum Gasteiger partial charge on any atom is -0.306 e. The molecule has 3 nitrogen and oxygen atoms in total. The number of fused-ring (bicyclic) bond motifs is 2. The molecule has 1 aliphatic heterocycles. The van der Waals surface area contributed by atoms with Crippen LogP contribution in [0.3, 0.4) is 0 Å². The first-order chi connectivity index (χ1) is 9.69. The van der Waals surface area contributed by atoms with Gasteiger partial charge in [0, 0.05) is 12.5 Å². The second-order valence-corrected chi connectivity index (χ2v) is 6.09. The van der Waals surface area contributed by atoms with Crippen molar-refractivity contribution in [1.29, 1.82) is 0 Å². The van der Waals surface area contributed by atoms with Crippen LogP contribution in [-0.2, 0) is 15.1 Å². The molecule has 1 saturated carbocycles. The molecular formula is C17H21NO2. The summed E-state index contributed by atoms with van der Waals surface area (Å²) >= 11 is 0. The highest BCUT2D eigenvalue weighted by Gasteiger charge is 2.48. The highest BCUT2D eigenvalue weighted by atomic mass is 16.1. The maximum Gasteiger partial charge on any atom is 0.135 e. The quantitative estimate of drug-likeness (QED) is 0.841. The van der Waals surface area contributed by atoms with Crippen molar-refractivity contribution in [3.05, 3.63) is 35.4 Å². The molecule has 1 aliphatic carbocycles. The van der Waals surface area contributed by atoms with Gasteiger partial charge in [0.15, 0.2) is 0 Å². The van der Waals surface area contributed by atoms with Gasteiger partial charge in [0.25, 0.3) is 0 Å². The molecule has 0 radical (unpaired) electrons. The van der Waals surface area contributed by atoms with Crippen molar-refractivity contribution in [2.24, 2.45) is 5.92 Å². The van der Waals surface area contributed by atoms with E-state index in [1.807, 2.05) is 18.2 Å². The van der Waals surface area contributed by atoms with Gasteiger partial charge in [-0.15, -0.1) is 0 Å². The molecule has 0 amide bonds. The van der Waals surface area contributed by atoms with E-state index in [1.165, 1.54) is 5.56 Å². The molecule has 1 spiro atoms. The number of aldehydes is 1. The second-order valence-electron chi connectivity index (χ2n) is 6.09. The van der Waals surface area contributed by atoms with Crippen LogP contribution in [0.2, 0.25) is 0 Å². The van der Waals surface area contributed by atoms with Gasteiger partial charge in [-0.3, -0.25) is 4.79 Å². The lowest BCUT2D eigenvalue weighted by atomic mass is 9.63. The van der Waals surface area contributed by atoms with Crippen LogP contribution in [-0.4, -0.2) is 18.6 Å². The van der Waals surface area contributed by atoms with E-state index in [-0.39, 0.29) is 23.2 Å². The number of carbonyl (C=O) groups excluding carboxylic acids is 2. The molecule has 106 valence electrons. The van der Waals surface area contributed by atoms with Crippen molar-refractivity contribution in [3.63, 3.8) is 0 Å². The van der Waals surface area contributed by atoms with Crippen molar-refractivity contribution in [3.8, 4) is 0 Å². The molecule has 0 saturated heterocycles. The van der Waals surface area contributed by atoms with Crippen molar-refractivity contribution >= 4 is 12.1 Å². The Morgan fingerprint density at radius 3 is 2.90 bits per heavy atom. The molecule has 0 bridgehead atoms. The molecule has 2 aliphatic rings. The summed E-state index contributed by atoms with van der Waals surface area (Å²) in [6.07, 6.45) is 5.20. The Hall–Kier alpha value is -1.48. The highest BCUT2D eigenvalue weighted by Crippen LogP contribution is 2.46. The van der Waals surface area contributed by atoms with Gasteiger partial charge in [-0.1, -0.05) is 37.1 Å².